The van der Waals surface area contributed by atoms with Crippen LogP contribution in [-0.4, -0.2) is 18.0 Å². The van der Waals surface area contributed by atoms with Gasteiger partial charge in [-0.15, -0.1) is 0 Å². The highest BCUT2D eigenvalue weighted by molar-refractivity contribution is 6.06. The second kappa shape index (κ2) is 3.57. The van der Waals surface area contributed by atoms with Gasteiger partial charge in [0.1, 0.15) is 6.04 Å². The first kappa shape index (κ1) is 10.3. The summed E-state index contributed by atoms with van der Waals surface area (Å²) in [6.45, 7) is 1.97. The van der Waals surface area contributed by atoms with Crippen molar-refractivity contribution in [2.24, 2.45) is 5.73 Å². The van der Waals surface area contributed by atoms with E-state index in [1.807, 2.05) is 43.3 Å². The molecule has 0 unspecified atom stereocenters. The van der Waals surface area contributed by atoms with Gasteiger partial charge in [0.25, 0.3) is 0 Å². The predicted molar refractivity (Wildman–Crippen MR) is 68.9 cm³/mol. The van der Waals surface area contributed by atoms with E-state index >= 15 is 0 Å². The van der Waals surface area contributed by atoms with Gasteiger partial charge in [-0.1, -0.05) is 30.3 Å². The van der Waals surface area contributed by atoms with E-state index in [-0.39, 0.29) is 18.0 Å². The Hall–Kier alpha value is -1.87. The highest BCUT2D eigenvalue weighted by atomic mass is 16.2. The van der Waals surface area contributed by atoms with Crippen molar-refractivity contribution in [1.29, 1.82) is 0 Å². The largest absolute Gasteiger partial charge is 0.318 e. The summed E-state index contributed by atoms with van der Waals surface area (Å²) in [5, 5.41) is 2.33. The summed E-state index contributed by atoms with van der Waals surface area (Å²) in [4.78, 5) is 13.5. The van der Waals surface area contributed by atoms with Gasteiger partial charge in [0.15, 0.2) is 0 Å². The fourth-order valence-corrected chi connectivity index (χ4v) is 2.34. The molecule has 86 valence electrons. The molecule has 0 bridgehead atoms. The number of rotatable bonds is 1. The molecule has 3 rings (SSSR count). The van der Waals surface area contributed by atoms with Crippen molar-refractivity contribution in [2.75, 3.05) is 4.90 Å². The molecule has 1 aliphatic heterocycles. The van der Waals surface area contributed by atoms with Crippen molar-refractivity contribution in [3.63, 3.8) is 0 Å². The van der Waals surface area contributed by atoms with Crippen LogP contribution in [0.25, 0.3) is 10.8 Å². The first-order chi connectivity index (χ1) is 8.18. The Balaban J connectivity index is 2.04. The quantitative estimate of drug-likeness (QED) is 0.755. The molecule has 0 spiro atoms. The Morgan fingerprint density at radius 2 is 1.82 bits per heavy atom. The molecule has 2 N–H and O–H groups in total. The molecule has 1 fully saturated rings. The number of carbonyl (C=O) groups excluding carboxylic acids is 1. The van der Waals surface area contributed by atoms with Crippen molar-refractivity contribution >= 4 is 22.4 Å². The number of carbonyl (C=O) groups is 1. The van der Waals surface area contributed by atoms with Gasteiger partial charge in [-0.3, -0.25) is 4.79 Å². The van der Waals surface area contributed by atoms with E-state index in [2.05, 4.69) is 6.07 Å². The topological polar surface area (TPSA) is 46.3 Å². The SMILES string of the molecule is C[C@H]1[C@H](N)C(=O)N1c1ccc2ccccc2c1. The van der Waals surface area contributed by atoms with Crippen molar-refractivity contribution in [3.05, 3.63) is 42.5 Å². The molecule has 0 radical (unpaired) electrons. The summed E-state index contributed by atoms with van der Waals surface area (Å²) >= 11 is 0. The molecular formula is C14H14N2O. The van der Waals surface area contributed by atoms with E-state index in [1.165, 1.54) is 5.39 Å². The van der Waals surface area contributed by atoms with E-state index in [9.17, 15) is 4.79 Å². The molecule has 1 saturated heterocycles. The second-order valence-corrected chi connectivity index (χ2v) is 4.51. The van der Waals surface area contributed by atoms with Crippen LogP contribution in [0.1, 0.15) is 6.92 Å². The summed E-state index contributed by atoms with van der Waals surface area (Å²) < 4.78 is 0. The maximum atomic E-state index is 11.7. The summed E-state index contributed by atoms with van der Waals surface area (Å²) in [7, 11) is 0. The normalized spacial score (nSPS) is 23.9. The maximum absolute atomic E-state index is 11.7. The Morgan fingerprint density at radius 1 is 1.12 bits per heavy atom. The van der Waals surface area contributed by atoms with Crippen molar-refractivity contribution < 1.29 is 4.79 Å². The molecule has 2 atom stereocenters. The number of fused-ring (bicyclic) bond motifs is 1. The molecule has 2 aromatic carbocycles. The lowest BCUT2D eigenvalue weighted by atomic mass is 9.96. The van der Waals surface area contributed by atoms with Crippen LogP contribution in [0.15, 0.2) is 42.5 Å². The number of benzene rings is 2. The number of anilines is 1. The first-order valence-corrected chi connectivity index (χ1v) is 5.76. The minimum atomic E-state index is -0.346. The molecule has 0 aromatic heterocycles. The minimum Gasteiger partial charge on any atom is -0.318 e. The Labute approximate surface area is 99.8 Å². The van der Waals surface area contributed by atoms with Gasteiger partial charge < -0.3 is 10.6 Å². The first-order valence-electron chi connectivity index (χ1n) is 5.76. The van der Waals surface area contributed by atoms with Gasteiger partial charge in [-0.2, -0.15) is 0 Å². The number of β-lactam (4-membered cyclic amide) rings is 1. The smallest absolute Gasteiger partial charge is 0.246 e. The predicted octanol–water partition coefficient (Wildman–Crippen LogP) is 1.90. The zero-order valence-corrected chi connectivity index (χ0v) is 9.63. The zero-order valence-electron chi connectivity index (χ0n) is 9.63. The fraction of sp³-hybridized carbons (Fsp3) is 0.214. The number of amides is 1. The third-order valence-electron chi connectivity index (χ3n) is 3.46. The lowest BCUT2D eigenvalue weighted by molar-refractivity contribution is -0.125. The van der Waals surface area contributed by atoms with Crippen LogP contribution < -0.4 is 10.6 Å². The standard InChI is InChI=1S/C14H14N2O/c1-9-13(15)14(17)16(9)12-7-6-10-4-2-3-5-11(10)8-12/h2-9,13H,15H2,1H3/t9-,13-/m0/s1. The van der Waals surface area contributed by atoms with Crippen LogP contribution in [0.5, 0.6) is 0 Å². The Bertz CT molecular complexity index is 594. The Morgan fingerprint density at radius 3 is 2.53 bits per heavy atom. The second-order valence-electron chi connectivity index (χ2n) is 4.51. The van der Waals surface area contributed by atoms with Crippen molar-refractivity contribution in [1.82, 2.24) is 0 Å². The van der Waals surface area contributed by atoms with Crippen molar-refractivity contribution in [3.8, 4) is 0 Å². The number of nitrogens with two attached hydrogens (primary N) is 1. The monoisotopic (exact) mass is 226 g/mol. The summed E-state index contributed by atoms with van der Waals surface area (Å²) in [6, 6.07) is 13.9. The van der Waals surface area contributed by atoms with Crippen LogP contribution in [0.4, 0.5) is 5.69 Å². The van der Waals surface area contributed by atoms with Crippen LogP contribution in [0.3, 0.4) is 0 Å². The van der Waals surface area contributed by atoms with Crippen LogP contribution >= 0.6 is 0 Å². The van der Waals surface area contributed by atoms with Crippen LogP contribution in [0, 0.1) is 0 Å². The highest BCUT2D eigenvalue weighted by Crippen LogP contribution is 2.29. The van der Waals surface area contributed by atoms with Gasteiger partial charge in [-0.25, -0.2) is 0 Å². The molecule has 1 heterocycles. The van der Waals surface area contributed by atoms with E-state index in [0.29, 0.717) is 0 Å². The van der Waals surface area contributed by atoms with E-state index in [1.54, 1.807) is 4.90 Å². The minimum absolute atomic E-state index is 0.00720. The summed E-state index contributed by atoms with van der Waals surface area (Å²) in [6.07, 6.45) is 0. The van der Waals surface area contributed by atoms with Gasteiger partial charge in [0.2, 0.25) is 5.91 Å². The molecule has 3 nitrogen and oxygen atoms in total. The van der Waals surface area contributed by atoms with Gasteiger partial charge in [0, 0.05) is 5.69 Å². The highest BCUT2D eigenvalue weighted by Gasteiger charge is 2.42. The third kappa shape index (κ3) is 1.43. The molecule has 2 aromatic rings. The average molecular weight is 226 g/mol. The van der Waals surface area contributed by atoms with Gasteiger partial charge >= 0.3 is 0 Å². The molecule has 3 heteroatoms. The lowest BCUT2D eigenvalue weighted by Gasteiger charge is -2.43. The van der Waals surface area contributed by atoms with Gasteiger partial charge in [0.05, 0.1) is 6.04 Å². The molecular weight excluding hydrogens is 212 g/mol. The fourth-order valence-electron chi connectivity index (χ4n) is 2.34. The third-order valence-corrected chi connectivity index (χ3v) is 3.46. The molecule has 17 heavy (non-hydrogen) atoms. The van der Waals surface area contributed by atoms with Gasteiger partial charge in [-0.05, 0) is 29.8 Å². The summed E-state index contributed by atoms with van der Waals surface area (Å²) in [5.74, 6) is 0.00720. The molecule has 0 saturated carbocycles. The number of hydrogen-bond acceptors (Lipinski definition) is 2. The van der Waals surface area contributed by atoms with E-state index in [0.717, 1.165) is 11.1 Å². The maximum Gasteiger partial charge on any atom is 0.246 e. The van der Waals surface area contributed by atoms with Crippen LogP contribution in [-0.2, 0) is 4.79 Å². The number of hydrogen-bond donors (Lipinski definition) is 1. The number of nitrogens with zero attached hydrogens (tertiary/aromatic N) is 1. The van der Waals surface area contributed by atoms with E-state index < -0.39 is 0 Å². The molecule has 1 amide bonds. The van der Waals surface area contributed by atoms with Crippen molar-refractivity contribution in [2.45, 2.75) is 19.0 Å². The molecule has 1 aliphatic rings. The van der Waals surface area contributed by atoms with Crippen LogP contribution in [0.2, 0.25) is 0 Å². The zero-order chi connectivity index (χ0) is 12.0. The molecule has 0 aliphatic carbocycles. The lowest BCUT2D eigenvalue weighted by Crippen LogP contribution is -2.67. The van der Waals surface area contributed by atoms with E-state index in [4.69, 9.17) is 5.73 Å². The average Bonchev–Trinajstić information content (AvgIpc) is 2.38. The summed E-state index contributed by atoms with van der Waals surface area (Å²) in [5.41, 5.74) is 6.65. The Kier molecular flexibility index (Phi) is 2.16.